The monoisotopic (exact) mass is 432 g/mol. The van der Waals surface area contributed by atoms with Crippen molar-refractivity contribution in [1.29, 1.82) is 0 Å². The normalized spacial score (nSPS) is 11.0. The molecule has 0 saturated carbocycles. The largest absolute Gasteiger partial charge is 0.462 e. The molecule has 0 fully saturated rings. The van der Waals surface area contributed by atoms with Crippen molar-refractivity contribution >= 4 is 22.9 Å². The van der Waals surface area contributed by atoms with E-state index in [0.29, 0.717) is 35.6 Å². The van der Waals surface area contributed by atoms with Gasteiger partial charge in [-0.3, -0.25) is 4.79 Å². The van der Waals surface area contributed by atoms with E-state index in [4.69, 9.17) is 4.74 Å². The lowest BCUT2D eigenvalue weighted by Gasteiger charge is -2.09. The maximum absolute atomic E-state index is 12.6. The number of nitrogens with one attached hydrogen (secondary N) is 1. The molecule has 2 aromatic heterocycles. The van der Waals surface area contributed by atoms with Gasteiger partial charge < -0.3 is 10.1 Å². The lowest BCUT2D eigenvalue weighted by atomic mass is 10.1. The molecule has 0 unspecified atom stereocenters. The van der Waals surface area contributed by atoms with Crippen LogP contribution in [-0.2, 0) is 0 Å². The minimum Gasteiger partial charge on any atom is -0.462 e. The van der Waals surface area contributed by atoms with E-state index in [9.17, 15) is 4.79 Å². The van der Waals surface area contributed by atoms with Crippen LogP contribution >= 0.6 is 11.3 Å². The van der Waals surface area contributed by atoms with Crippen LogP contribution in [0, 0.1) is 12.8 Å². The molecule has 0 saturated heterocycles. The first-order chi connectivity index (χ1) is 15.0. The summed E-state index contributed by atoms with van der Waals surface area (Å²) in [6.45, 7) is 6.70. The van der Waals surface area contributed by atoms with Crippen LogP contribution in [0.4, 0.5) is 5.69 Å². The molecule has 1 amide bonds. The standard InChI is InChI=1S/C24H24N4O2S/c1-16(2)15-30-24-26-22(21-8-5-13-31-21)28(27-24)20-7-4-6-19(14-20)25-23(29)18-11-9-17(3)10-12-18/h4-14,16H,15H2,1-3H3,(H,25,29). The van der Waals surface area contributed by atoms with Crippen molar-refractivity contribution in [3.05, 3.63) is 77.2 Å². The zero-order valence-corrected chi connectivity index (χ0v) is 18.5. The Morgan fingerprint density at radius 2 is 1.94 bits per heavy atom. The molecule has 0 atom stereocenters. The summed E-state index contributed by atoms with van der Waals surface area (Å²) >= 11 is 1.59. The predicted octanol–water partition coefficient (Wildman–Crippen LogP) is 5.59. The number of ether oxygens (including phenoxy) is 1. The Hall–Kier alpha value is -3.45. The highest BCUT2D eigenvalue weighted by Gasteiger charge is 2.16. The number of nitrogens with zero attached hydrogens (tertiary/aromatic N) is 3. The second-order valence-corrected chi connectivity index (χ2v) is 8.63. The van der Waals surface area contributed by atoms with E-state index < -0.39 is 0 Å². The number of thiophene rings is 1. The van der Waals surface area contributed by atoms with Crippen molar-refractivity contribution in [1.82, 2.24) is 14.8 Å². The number of carbonyl (C=O) groups is 1. The second-order valence-electron chi connectivity index (χ2n) is 7.68. The number of amides is 1. The molecule has 4 rings (SSSR count). The maximum Gasteiger partial charge on any atom is 0.336 e. The van der Waals surface area contributed by atoms with Gasteiger partial charge in [-0.2, -0.15) is 4.98 Å². The number of aromatic nitrogens is 3. The molecule has 7 heteroatoms. The Morgan fingerprint density at radius 1 is 1.13 bits per heavy atom. The number of aryl methyl sites for hydroxylation is 1. The molecule has 0 aliphatic rings. The quantitative estimate of drug-likeness (QED) is 0.413. The lowest BCUT2D eigenvalue weighted by molar-refractivity contribution is 0.102. The summed E-state index contributed by atoms with van der Waals surface area (Å²) in [4.78, 5) is 18.2. The first-order valence-corrected chi connectivity index (χ1v) is 11.0. The van der Waals surface area contributed by atoms with Crippen molar-refractivity contribution in [3.63, 3.8) is 0 Å². The van der Waals surface area contributed by atoms with Crippen molar-refractivity contribution in [2.24, 2.45) is 5.92 Å². The average Bonchev–Trinajstić information content (AvgIpc) is 3.43. The summed E-state index contributed by atoms with van der Waals surface area (Å²) in [5.74, 6) is 0.920. The fraction of sp³-hybridized carbons (Fsp3) is 0.208. The summed E-state index contributed by atoms with van der Waals surface area (Å²) in [6, 6.07) is 19.3. The number of benzene rings is 2. The van der Waals surface area contributed by atoms with Gasteiger partial charge in [0.05, 0.1) is 17.2 Å². The van der Waals surface area contributed by atoms with Gasteiger partial charge in [0.25, 0.3) is 5.91 Å². The molecule has 0 aliphatic carbocycles. The molecular weight excluding hydrogens is 408 g/mol. The van der Waals surface area contributed by atoms with Crippen molar-refractivity contribution < 1.29 is 9.53 Å². The zero-order chi connectivity index (χ0) is 21.8. The van der Waals surface area contributed by atoms with Gasteiger partial charge in [0, 0.05) is 11.3 Å². The Morgan fingerprint density at radius 3 is 2.65 bits per heavy atom. The van der Waals surface area contributed by atoms with Crippen LogP contribution < -0.4 is 10.1 Å². The third kappa shape index (κ3) is 5.00. The van der Waals surface area contributed by atoms with Gasteiger partial charge in [0.15, 0.2) is 5.82 Å². The molecule has 0 bridgehead atoms. The smallest absolute Gasteiger partial charge is 0.336 e. The molecule has 31 heavy (non-hydrogen) atoms. The summed E-state index contributed by atoms with van der Waals surface area (Å²) in [5, 5.41) is 9.53. The number of anilines is 1. The molecule has 0 radical (unpaired) electrons. The highest BCUT2D eigenvalue weighted by molar-refractivity contribution is 7.13. The van der Waals surface area contributed by atoms with Crippen molar-refractivity contribution in [2.75, 3.05) is 11.9 Å². The fourth-order valence-corrected chi connectivity index (χ4v) is 3.66. The highest BCUT2D eigenvalue weighted by atomic mass is 32.1. The number of rotatable bonds is 7. The Balaban J connectivity index is 1.63. The van der Waals surface area contributed by atoms with Crippen LogP contribution in [0.25, 0.3) is 16.4 Å². The van der Waals surface area contributed by atoms with E-state index in [-0.39, 0.29) is 5.91 Å². The van der Waals surface area contributed by atoms with Crippen molar-refractivity contribution in [2.45, 2.75) is 20.8 Å². The van der Waals surface area contributed by atoms with E-state index in [1.165, 1.54) is 0 Å². The van der Waals surface area contributed by atoms with Gasteiger partial charge in [0.1, 0.15) is 0 Å². The Bertz CT molecular complexity index is 1160. The topological polar surface area (TPSA) is 69.0 Å². The van der Waals surface area contributed by atoms with Crippen LogP contribution in [0.3, 0.4) is 0 Å². The van der Waals surface area contributed by atoms with Gasteiger partial charge in [-0.05, 0) is 54.6 Å². The lowest BCUT2D eigenvalue weighted by Crippen LogP contribution is -2.12. The van der Waals surface area contributed by atoms with E-state index in [1.807, 2.05) is 73.0 Å². The summed E-state index contributed by atoms with van der Waals surface area (Å²) in [7, 11) is 0. The van der Waals surface area contributed by atoms with Crippen LogP contribution in [0.2, 0.25) is 0 Å². The Labute approximate surface area is 185 Å². The van der Waals surface area contributed by atoms with E-state index >= 15 is 0 Å². The van der Waals surface area contributed by atoms with Gasteiger partial charge in [0.2, 0.25) is 0 Å². The third-order valence-electron chi connectivity index (χ3n) is 4.54. The second kappa shape index (κ2) is 9.14. The molecule has 2 aromatic carbocycles. The van der Waals surface area contributed by atoms with E-state index in [2.05, 4.69) is 29.2 Å². The molecular formula is C24H24N4O2S. The van der Waals surface area contributed by atoms with Gasteiger partial charge in [-0.15, -0.1) is 16.4 Å². The molecule has 0 aliphatic heterocycles. The van der Waals surface area contributed by atoms with Gasteiger partial charge in [-0.1, -0.05) is 43.7 Å². The van der Waals surface area contributed by atoms with Gasteiger partial charge >= 0.3 is 6.01 Å². The predicted molar refractivity (Wildman–Crippen MR) is 124 cm³/mol. The minimum absolute atomic E-state index is 0.157. The molecule has 158 valence electrons. The first kappa shape index (κ1) is 20.8. The molecule has 6 nitrogen and oxygen atoms in total. The van der Waals surface area contributed by atoms with E-state index in [0.717, 1.165) is 16.1 Å². The average molecular weight is 433 g/mol. The maximum atomic E-state index is 12.6. The highest BCUT2D eigenvalue weighted by Crippen LogP contribution is 2.28. The molecule has 1 N–H and O–H groups in total. The summed E-state index contributed by atoms with van der Waals surface area (Å²) < 4.78 is 7.52. The molecule has 4 aromatic rings. The van der Waals surface area contributed by atoms with Crippen LogP contribution in [0.5, 0.6) is 6.01 Å². The fourth-order valence-electron chi connectivity index (χ4n) is 2.96. The summed E-state index contributed by atoms with van der Waals surface area (Å²) in [6.07, 6.45) is 0. The van der Waals surface area contributed by atoms with Gasteiger partial charge in [-0.25, -0.2) is 4.68 Å². The van der Waals surface area contributed by atoms with E-state index in [1.54, 1.807) is 16.0 Å². The number of hydrogen-bond donors (Lipinski definition) is 1. The van der Waals surface area contributed by atoms with Crippen molar-refractivity contribution in [3.8, 4) is 22.4 Å². The molecule has 2 heterocycles. The van der Waals surface area contributed by atoms with Crippen LogP contribution in [0.1, 0.15) is 29.8 Å². The zero-order valence-electron chi connectivity index (χ0n) is 17.7. The summed E-state index contributed by atoms with van der Waals surface area (Å²) in [5.41, 5.74) is 3.19. The Kier molecular flexibility index (Phi) is 6.13. The number of hydrogen-bond acceptors (Lipinski definition) is 5. The number of carbonyl (C=O) groups excluding carboxylic acids is 1. The SMILES string of the molecule is Cc1ccc(C(=O)Nc2cccc(-n3nc(OCC(C)C)nc3-c3cccs3)c2)cc1. The first-order valence-electron chi connectivity index (χ1n) is 10.1. The minimum atomic E-state index is -0.157. The molecule has 0 spiro atoms. The van der Waals surface area contributed by atoms with Crippen LogP contribution in [-0.4, -0.2) is 27.3 Å². The third-order valence-corrected chi connectivity index (χ3v) is 5.40. The van der Waals surface area contributed by atoms with Crippen LogP contribution in [0.15, 0.2) is 66.0 Å².